The summed E-state index contributed by atoms with van der Waals surface area (Å²) in [6, 6.07) is 7.35. The molecule has 2 nitrogen and oxygen atoms in total. The minimum atomic E-state index is -1.13. The molecule has 1 aromatic heterocycles. The third-order valence-corrected chi connectivity index (χ3v) is 3.21. The molecule has 0 aliphatic heterocycles. The number of aromatic nitrogens is 1. The number of para-hydroxylation sites is 1. The Hall–Kier alpha value is -0.580. The van der Waals surface area contributed by atoms with Crippen LogP contribution < -0.4 is 0 Å². The molecule has 56 valence electrons. The minimum absolute atomic E-state index is 0.395. The fourth-order valence-electron chi connectivity index (χ4n) is 0.949. The van der Waals surface area contributed by atoms with Gasteiger partial charge in [0.15, 0.2) is 0 Å². The third kappa shape index (κ3) is 1.03. The molecule has 0 saturated carbocycles. The third-order valence-electron chi connectivity index (χ3n) is 1.45. The molecule has 0 saturated heterocycles. The Balaban J connectivity index is 2.92. The Labute approximate surface area is 72.1 Å². The molecule has 1 atom stereocenters. The topological polar surface area (TPSA) is 36.0 Å². The van der Waals surface area contributed by atoms with Crippen LogP contribution in [0.4, 0.5) is 0 Å². The summed E-state index contributed by atoms with van der Waals surface area (Å²) in [5.41, 5.74) is 0.774. The van der Waals surface area contributed by atoms with Crippen LogP contribution in [0.15, 0.2) is 28.6 Å². The average Bonchev–Trinajstić information content (AvgIpc) is 2.30. The molecule has 0 amide bonds. The molecular weight excluding hydrogens is 178 g/mol. The molecule has 1 heterocycles. The van der Waals surface area contributed by atoms with E-state index in [0.29, 0.717) is 4.34 Å². The molecule has 4 heteroatoms. The van der Waals surface area contributed by atoms with Crippen molar-refractivity contribution in [3.05, 3.63) is 24.3 Å². The van der Waals surface area contributed by atoms with Gasteiger partial charge in [0.1, 0.15) is 5.52 Å². The Morgan fingerprint density at radius 3 is 2.82 bits per heavy atom. The maximum atomic E-state index is 11.3. The first kappa shape index (κ1) is 7.09. The van der Waals surface area contributed by atoms with E-state index in [1.807, 2.05) is 18.2 Å². The van der Waals surface area contributed by atoms with E-state index >= 15 is 0 Å². The van der Waals surface area contributed by atoms with E-state index in [9.17, 15) is 4.55 Å². The van der Waals surface area contributed by atoms with Gasteiger partial charge in [0.05, 0.1) is 0 Å². The lowest BCUT2D eigenvalue weighted by molar-refractivity contribution is 0.595. The van der Waals surface area contributed by atoms with Crippen LogP contribution in [-0.4, -0.2) is 9.54 Å². The van der Waals surface area contributed by atoms with Gasteiger partial charge in [-0.25, -0.2) is 0 Å². The van der Waals surface area contributed by atoms with Crippen molar-refractivity contribution in [1.29, 1.82) is 0 Å². The molecule has 11 heavy (non-hydrogen) atoms. The van der Waals surface area contributed by atoms with Gasteiger partial charge in [0.25, 0.3) is 4.34 Å². The van der Waals surface area contributed by atoms with Crippen LogP contribution in [0.5, 0.6) is 0 Å². The van der Waals surface area contributed by atoms with E-state index in [2.05, 4.69) is 17.6 Å². The number of thiol groups is 1. The van der Waals surface area contributed by atoms with Gasteiger partial charge in [-0.3, -0.25) is 0 Å². The summed E-state index contributed by atoms with van der Waals surface area (Å²) >= 11 is 3.98. The lowest BCUT2D eigenvalue weighted by Gasteiger charge is -1.86. The fraction of sp³-hybridized carbons (Fsp3) is 0. The van der Waals surface area contributed by atoms with Crippen LogP contribution in [0, 0.1) is 0 Å². The van der Waals surface area contributed by atoms with Gasteiger partial charge >= 0.3 is 0 Å². The Morgan fingerprint density at radius 1 is 1.36 bits per heavy atom. The number of fused-ring (bicyclic) bond motifs is 1. The Morgan fingerprint density at radius 2 is 2.09 bits per heavy atom. The zero-order valence-corrected chi connectivity index (χ0v) is 7.23. The first-order valence-corrected chi connectivity index (χ1v) is 4.67. The summed E-state index contributed by atoms with van der Waals surface area (Å²) in [5, 5.41) is 0. The number of hydrogen-bond acceptors (Lipinski definition) is 3. The van der Waals surface area contributed by atoms with Crippen molar-refractivity contribution < 1.29 is 4.55 Å². The predicted octanol–water partition coefficient (Wildman–Crippen LogP) is 2.25. The average molecular weight is 183 g/mol. The van der Waals surface area contributed by atoms with Gasteiger partial charge in [-0.15, -0.1) is 0 Å². The van der Waals surface area contributed by atoms with Crippen molar-refractivity contribution in [2.24, 2.45) is 0 Å². The molecule has 2 aromatic rings. The number of thiazole rings is 1. The van der Waals surface area contributed by atoms with E-state index in [1.165, 1.54) is 0 Å². The van der Waals surface area contributed by atoms with E-state index < -0.39 is 10.8 Å². The molecule has 1 unspecified atom stereocenters. The normalized spacial score (nSPS) is 12.4. The first-order chi connectivity index (χ1) is 5.29. The summed E-state index contributed by atoms with van der Waals surface area (Å²) < 4.78 is 12.5. The highest BCUT2D eigenvalue weighted by Gasteiger charge is 2.10. The monoisotopic (exact) mass is 183 g/mol. The molecule has 1 aromatic carbocycles. The van der Waals surface area contributed by atoms with Crippen molar-refractivity contribution in [2.45, 2.75) is 4.34 Å². The minimum Gasteiger partial charge on any atom is -0.588 e. The van der Waals surface area contributed by atoms with Crippen molar-refractivity contribution in [3.63, 3.8) is 0 Å². The van der Waals surface area contributed by atoms with Gasteiger partial charge in [0.2, 0.25) is 4.70 Å². The number of hydrogen-bond donors (Lipinski definition) is 1. The second kappa shape index (κ2) is 2.48. The first-order valence-electron chi connectivity index (χ1n) is 3.07. The standard InChI is InChI=1S/C7H5NOS2/c9-11-6-4-2-1-3-5(6)8-7(11)10/h1-4H,(H,8,10). The molecule has 0 aliphatic rings. The fourth-order valence-corrected chi connectivity index (χ4v) is 2.24. The van der Waals surface area contributed by atoms with Gasteiger partial charge in [-0.2, -0.15) is 4.98 Å². The van der Waals surface area contributed by atoms with Crippen molar-refractivity contribution in [3.8, 4) is 0 Å². The maximum Gasteiger partial charge on any atom is 0.299 e. The van der Waals surface area contributed by atoms with Gasteiger partial charge in [0, 0.05) is 6.07 Å². The van der Waals surface area contributed by atoms with E-state index in [-0.39, 0.29) is 0 Å². The van der Waals surface area contributed by atoms with Crippen LogP contribution in [0.3, 0.4) is 0 Å². The van der Waals surface area contributed by atoms with Crippen LogP contribution in [0.2, 0.25) is 0 Å². The predicted molar refractivity (Wildman–Crippen MR) is 47.6 cm³/mol. The highest BCUT2D eigenvalue weighted by molar-refractivity contribution is 7.83. The van der Waals surface area contributed by atoms with Crippen LogP contribution in [0.25, 0.3) is 10.2 Å². The zero-order chi connectivity index (χ0) is 7.84. The maximum absolute atomic E-state index is 11.3. The lowest BCUT2D eigenvalue weighted by atomic mass is 10.3. The molecule has 2 rings (SSSR count). The van der Waals surface area contributed by atoms with Crippen molar-refractivity contribution in [1.82, 2.24) is 4.98 Å². The molecule has 0 spiro atoms. The molecule has 0 bridgehead atoms. The smallest absolute Gasteiger partial charge is 0.299 e. The summed E-state index contributed by atoms with van der Waals surface area (Å²) in [5.74, 6) is 0. The molecule has 0 radical (unpaired) electrons. The second-order valence-electron chi connectivity index (χ2n) is 2.13. The molecule has 0 fully saturated rings. The van der Waals surface area contributed by atoms with Crippen LogP contribution in [0.1, 0.15) is 0 Å². The van der Waals surface area contributed by atoms with E-state index in [1.54, 1.807) is 6.07 Å². The summed E-state index contributed by atoms with van der Waals surface area (Å²) in [6.45, 7) is 0. The number of nitrogens with zero attached hydrogens (tertiary/aromatic N) is 1. The van der Waals surface area contributed by atoms with Crippen LogP contribution in [-0.2, 0) is 0 Å². The highest BCUT2D eigenvalue weighted by Crippen LogP contribution is 2.32. The molecule has 0 aliphatic carbocycles. The molecule has 0 N–H and O–H groups in total. The second-order valence-corrected chi connectivity index (χ2v) is 4.22. The van der Waals surface area contributed by atoms with Gasteiger partial charge in [-0.1, -0.05) is 24.8 Å². The summed E-state index contributed by atoms with van der Waals surface area (Å²) in [7, 11) is -1.13. The zero-order valence-electron chi connectivity index (χ0n) is 5.52. The van der Waals surface area contributed by atoms with Crippen LogP contribution >= 0.6 is 23.4 Å². The quantitative estimate of drug-likeness (QED) is 0.502. The van der Waals surface area contributed by atoms with E-state index in [4.69, 9.17) is 0 Å². The largest absolute Gasteiger partial charge is 0.588 e. The number of rotatable bonds is 0. The van der Waals surface area contributed by atoms with Crippen molar-refractivity contribution >= 4 is 33.6 Å². The lowest BCUT2D eigenvalue weighted by Crippen LogP contribution is -1.63. The van der Waals surface area contributed by atoms with Crippen molar-refractivity contribution in [2.75, 3.05) is 0 Å². The Kier molecular flexibility index (Phi) is 1.60. The van der Waals surface area contributed by atoms with E-state index in [0.717, 1.165) is 10.2 Å². The molecular formula is C7H5NOS2. The highest BCUT2D eigenvalue weighted by atomic mass is 32.2. The van der Waals surface area contributed by atoms with Gasteiger partial charge < -0.3 is 4.55 Å². The summed E-state index contributed by atoms with van der Waals surface area (Å²) in [6.07, 6.45) is 0. The number of benzene rings is 1. The van der Waals surface area contributed by atoms with Gasteiger partial charge in [-0.05, 0) is 16.8 Å². The SMILES string of the molecule is [O-][s+]1c(S)nc2ccccc21. The summed E-state index contributed by atoms with van der Waals surface area (Å²) in [4.78, 5) is 4.01. The Bertz CT molecular complexity index is 396.